The Morgan fingerprint density at radius 1 is 0.931 bits per heavy atom. The molecule has 0 aliphatic heterocycles. The lowest BCUT2D eigenvalue weighted by Crippen LogP contribution is -2.52. The number of hydrogen-bond donors (Lipinski definition) is 1. The van der Waals surface area contributed by atoms with E-state index in [0.29, 0.717) is 11.8 Å². The molecule has 2 bridgehead atoms. The average Bonchev–Trinajstić information content (AvgIpc) is 3.16. The molecule has 4 nitrogen and oxygen atoms in total. The van der Waals surface area contributed by atoms with Gasteiger partial charge in [-0.3, -0.25) is 9.59 Å². The molecular formula is C25H37NO3. The molecule has 0 aromatic heterocycles. The Labute approximate surface area is 175 Å². The van der Waals surface area contributed by atoms with Crippen LogP contribution in [0.3, 0.4) is 0 Å². The van der Waals surface area contributed by atoms with Gasteiger partial charge in [-0.2, -0.15) is 0 Å². The van der Waals surface area contributed by atoms with Crippen LogP contribution in [-0.4, -0.2) is 24.0 Å². The third kappa shape index (κ3) is 2.99. The van der Waals surface area contributed by atoms with Crippen LogP contribution in [0.1, 0.15) is 85.0 Å². The molecule has 29 heavy (non-hydrogen) atoms. The topological polar surface area (TPSA) is 55.4 Å². The van der Waals surface area contributed by atoms with E-state index in [1.165, 1.54) is 19.3 Å². The van der Waals surface area contributed by atoms with Crippen LogP contribution in [0, 0.1) is 34.0 Å². The highest BCUT2D eigenvalue weighted by Crippen LogP contribution is 2.67. The molecule has 6 aliphatic carbocycles. The molecule has 4 fully saturated rings. The molecule has 1 N–H and O–H groups in total. The first-order valence-electron chi connectivity index (χ1n) is 12.0. The van der Waals surface area contributed by atoms with Crippen LogP contribution in [0.2, 0.25) is 0 Å². The van der Waals surface area contributed by atoms with E-state index in [2.05, 4.69) is 17.5 Å². The van der Waals surface area contributed by atoms with Crippen LogP contribution in [0.5, 0.6) is 0 Å². The number of hydrogen-bond acceptors (Lipinski definition) is 3. The standard InChI is InChI=1S/C25H37NO3/c1-23(2,3)22(28)26-18-6-4-12-25(18)13-5-7-19(25)29-21(27)20-16-8-10-17(11-9-16)24(20)14-15-24/h8,10,16-20H,4-7,9,11-15H2,1-3H3,(H,26,28)/t16-,17+,18+,19+,20+,25+/m0/s1. The van der Waals surface area contributed by atoms with E-state index in [4.69, 9.17) is 4.74 Å². The van der Waals surface area contributed by atoms with Crippen molar-refractivity contribution in [2.24, 2.45) is 34.0 Å². The maximum atomic E-state index is 13.5. The second-order valence-corrected chi connectivity index (χ2v) is 11.7. The van der Waals surface area contributed by atoms with Crippen LogP contribution in [0.4, 0.5) is 0 Å². The van der Waals surface area contributed by atoms with Gasteiger partial charge in [0.2, 0.25) is 5.91 Å². The number of carbonyl (C=O) groups is 2. The monoisotopic (exact) mass is 399 g/mol. The maximum Gasteiger partial charge on any atom is 0.310 e. The number of carbonyl (C=O) groups excluding carboxylic acids is 2. The lowest BCUT2D eigenvalue weighted by Gasteiger charge is -2.45. The van der Waals surface area contributed by atoms with Gasteiger partial charge in [-0.05, 0) is 75.0 Å². The smallest absolute Gasteiger partial charge is 0.310 e. The summed E-state index contributed by atoms with van der Waals surface area (Å²) in [6.07, 6.45) is 15.8. The molecule has 1 amide bonds. The van der Waals surface area contributed by atoms with Crippen molar-refractivity contribution >= 4 is 11.9 Å². The van der Waals surface area contributed by atoms with Crippen molar-refractivity contribution in [3.8, 4) is 0 Å². The first-order valence-corrected chi connectivity index (χ1v) is 12.0. The van der Waals surface area contributed by atoms with Gasteiger partial charge in [-0.15, -0.1) is 0 Å². The predicted octanol–water partition coefficient (Wildman–Crippen LogP) is 4.78. The largest absolute Gasteiger partial charge is 0.461 e. The van der Waals surface area contributed by atoms with Crippen molar-refractivity contribution in [2.75, 3.05) is 0 Å². The summed E-state index contributed by atoms with van der Waals surface area (Å²) in [6, 6.07) is 0.145. The quantitative estimate of drug-likeness (QED) is 0.549. The summed E-state index contributed by atoms with van der Waals surface area (Å²) in [6.45, 7) is 5.91. The van der Waals surface area contributed by atoms with E-state index in [1.54, 1.807) is 0 Å². The average molecular weight is 400 g/mol. The van der Waals surface area contributed by atoms with Crippen molar-refractivity contribution in [2.45, 2.75) is 97.1 Å². The van der Waals surface area contributed by atoms with E-state index in [9.17, 15) is 9.59 Å². The van der Waals surface area contributed by atoms with Crippen LogP contribution in [0.25, 0.3) is 0 Å². The number of amides is 1. The maximum absolute atomic E-state index is 13.5. The summed E-state index contributed by atoms with van der Waals surface area (Å²) in [5, 5.41) is 3.35. The highest BCUT2D eigenvalue weighted by molar-refractivity contribution is 5.81. The second kappa shape index (κ2) is 6.59. The van der Waals surface area contributed by atoms with Crippen molar-refractivity contribution in [3.05, 3.63) is 12.2 Å². The highest BCUT2D eigenvalue weighted by atomic mass is 16.5. The van der Waals surface area contributed by atoms with Gasteiger partial charge in [-0.1, -0.05) is 39.3 Å². The SMILES string of the molecule is CC(C)(C)C(=O)N[C@@H]1CCC[C@@]12CCC[C@H]2OC(=O)[C@H]1[C@H]2C=C[C@H](CC2)C12CC2. The summed E-state index contributed by atoms with van der Waals surface area (Å²) in [4.78, 5) is 26.2. The predicted molar refractivity (Wildman–Crippen MR) is 112 cm³/mol. The van der Waals surface area contributed by atoms with Gasteiger partial charge < -0.3 is 10.1 Å². The molecule has 160 valence electrons. The Morgan fingerprint density at radius 3 is 2.28 bits per heavy atom. The fourth-order valence-electron chi connectivity index (χ4n) is 7.32. The molecule has 6 atom stereocenters. The molecule has 6 aliphatic rings. The van der Waals surface area contributed by atoms with Crippen molar-refractivity contribution in [1.82, 2.24) is 5.32 Å². The third-order valence-electron chi connectivity index (χ3n) is 9.09. The molecular weight excluding hydrogens is 362 g/mol. The normalized spacial score (nSPS) is 41.8. The zero-order valence-corrected chi connectivity index (χ0v) is 18.3. The van der Waals surface area contributed by atoms with Gasteiger partial charge in [0.1, 0.15) is 6.10 Å². The third-order valence-corrected chi connectivity index (χ3v) is 9.09. The molecule has 6 rings (SSSR count). The molecule has 4 saturated carbocycles. The van der Waals surface area contributed by atoms with Gasteiger partial charge in [0.25, 0.3) is 0 Å². The van der Waals surface area contributed by atoms with E-state index in [0.717, 1.165) is 44.9 Å². The molecule has 0 radical (unpaired) electrons. The Hall–Kier alpha value is -1.32. The van der Waals surface area contributed by atoms with E-state index in [-0.39, 0.29) is 46.2 Å². The van der Waals surface area contributed by atoms with Gasteiger partial charge >= 0.3 is 5.97 Å². The number of ether oxygens (including phenoxy) is 1. The Morgan fingerprint density at radius 2 is 1.66 bits per heavy atom. The first-order chi connectivity index (χ1) is 13.8. The Balaban J connectivity index is 1.33. The van der Waals surface area contributed by atoms with Crippen LogP contribution >= 0.6 is 0 Å². The Bertz CT molecular complexity index is 727. The lowest BCUT2D eigenvalue weighted by molar-refractivity contribution is -0.168. The molecule has 0 saturated heterocycles. The number of rotatable bonds is 3. The molecule has 4 heteroatoms. The fourth-order valence-corrected chi connectivity index (χ4v) is 7.32. The summed E-state index contributed by atoms with van der Waals surface area (Å²) in [7, 11) is 0. The van der Waals surface area contributed by atoms with E-state index < -0.39 is 0 Å². The second-order valence-electron chi connectivity index (χ2n) is 11.7. The fraction of sp³-hybridized carbons (Fsp3) is 0.840. The number of fused-ring (bicyclic) bond motifs is 1. The van der Waals surface area contributed by atoms with Gasteiger partial charge in [0.15, 0.2) is 0 Å². The Kier molecular flexibility index (Phi) is 4.46. The van der Waals surface area contributed by atoms with Crippen LogP contribution in [-0.2, 0) is 14.3 Å². The summed E-state index contributed by atoms with van der Waals surface area (Å²) < 4.78 is 6.39. The lowest BCUT2D eigenvalue weighted by atomic mass is 9.60. The molecule has 2 spiro atoms. The number of allylic oxidation sites excluding steroid dienone is 2. The highest BCUT2D eigenvalue weighted by Gasteiger charge is 2.63. The summed E-state index contributed by atoms with van der Waals surface area (Å²) in [5.74, 6) is 1.24. The number of esters is 1. The minimum absolute atomic E-state index is 0.0250. The summed E-state index contributed by atoms with van der Waals surface area (Å²) in [5.41, 5.74) is -0.215. The number of nitrogens with one attached hydrogen (secondary N) is 1. The van der Waals surface area contributed by atoms with Gasteiger partial charge in [0, 0.05) is 16.9 Å². The minimum atomic E-state index is -0.388. The van der Waals surface area contributed by atoms with Crippen molar-refractivity contribution < 1.29 is 14.3 Å². The van der Waals surface area contributed by atoms with Crippen LogP contribution in [0.15, 0.2) is 12.2 Å². The first kappa shape index (κ1) is 19.6. The zero-order valence-electron chi connectivity index (χ0n) is 18.3. The molecule has 0 aromatic rings. The van der Waals surface area contributed by atoms with E-state index >= 15 is 0 Å². The van der Waals surface area contributed by atoms with Crippen molar-refractivity contribution in [1.29, 1.82) is 0 Å². The van der Waals surface area contributed by atoms with Gasteiger partial charge in [0.05, 0.1) is 5.92 Å². The minimum Gasteiger partial charge on any atom is -0.461 e. The zero-order chi connectivity index (χ0) is 20.4. The van der Waals surface area contributed by atoms with Gasteiger partial charge in [-0.25, -0.2) is 0 Å². The van der Waals surface area contributed by atoms with E-state index in [1.807, 2.05) is 20.8 Å². The molecule has 0 heterocycles. The van der Waals surface area contributed by atoms with Crippen LogP contribution < -0.4 is 5.32 Å². The summed E-state index contributed by atoms with van der Waals surface area (Å²) >= 11 is 0. The van der Waals surface area contributed by atoms with Crippen molar-refractivity contribution in [3.63, 3.8) is 0 Å². The molecule has 0 aromatic carbocycles. The molecule has 0 unspecified atom stereocenters.